The number of anilines is 2. The van der Waals surface area contributed by atoms with E-state index < -0.39 is 27.4 Å². The van der Waals surface area contributed by atoms with Gasteiger partial charge in [0.25, 0.3) is 5.69 Å². The molecule has 4 bridgehead atoms. The molecular formula is C26H31N3O6S. The molecule has 9 nitrogen and oxygen atoms in total. The van der Waals surface area contributed by atoms with Gasteiger partial charge in [0.05, 0.1) is 18.3 Å². The molecule has 2 aromatic carbocycles. The molecule has 192 valence electrons. The van der Waals surface area contributed by atoms with Crippen LogP contribution < -0.4 is 14.4 Å². The number of nitrogens with zero attached hydrogens (tertiary/aromatic N) is 2. The van der Waals surface area contributed by atoms with Gasteiger partial charge in [-0.25, -0.2) is 8.42 Å². The third kappa shape index (κ3) is 4.66. The molecule has 6 rings (SSSR count). The molecule has 0 unspecified atom stereocenters. The van der Waals surface area contributed by atoms with E-state index in [0.29, 0.717) is 5.69 Å². The molecule has 0 radical (unpaired) electrons. The minimum atomic E-state index is -3.94. The lowest BCUT2D eigenvalue weighted by Crippen LogP contribution is -2.48. The number of carbonyl (C=O) groups excluding carboxylic acids is 1. The monoisotopic (exact) mass is 513 g/mol. The van der Waals surface area contributed by atoms with Crippen LogP contribution in [0.15, 0.2) is 42.5 Å². The number of benzene rings is 2. The number of non-ortho nitro benzene ring substituents is 1. The van der Waals surface area contributed by atoms with Crippen molar-refractivity contribution in [1.29, 1.82) is 0 Å². The fourth-order valence-electron chi connectivity index (χ4n) is 7.07. The number of rotatable bonds is 8. The molecule has 4 aliphatic rings. The van der Waals surface area contributed by atoms with E-state index in [4.69, 9.17) is 4.74 Å². The van der Waals surface area contributed by atoms with Gasteiger partial charge in [-0.05, 0) is 85.5 Å². The van der Waals surface area contributed by atoms with E-state index in [1.54, 1.807) is 0 Å². The van der Waals surface area contributed by atoms with Crippen LogP contribution in [0.1, 0.15) is 44.1 Å². The van der Waals surface area contributed by atoms with Crippen LogP contribution in [-0.2, 0) is 20.2 Å². The van der Waals surface area contributed by atoms with E-state index in [1.807, 2.05) is 12.1 Å². The first-order valence-corrected chi connectivity index (χ1v) is 14.1. The first kappa shape index (κ1) is 24.5. The molecule has 0 heterocycles. The Morgan fingerprint density at radius 3 is 2.17 bits per heavy atom. The molecule has 0 aromatic heterocycles. The van der Waals surface area contributed by atoms with E-state index in [2.05, 4.69) is 17.4 Å². The lowest BCUT2D eigenvalue weighted by molar-refractivity contribution is -0.384. The van der Waals surface area contributed by atoms with Crippen LogP contribution in [0.4, 0.5) is 17.1 Å². The molecular weight excluding hydrogens is 482 g/mol. The molecule has 36 heavy (non-hydrogen) atoms. The van der Waals surface area contributed by atoms with E-state index in [0.717, 1.165) is 34.4 Å². The zero-order valence-corrected chi connectivity index (χ0v) is 21.3. The number of sulfonamides is 1. The summed E-state index contributed by atoms with van der Waals surface area (Å²) in [6.07, 6.45) is 8.81. The van der Waals surface area contributed by atoms with Gasteiger partial charge < -0.3 is 10.1 Å². The van der Waals surface area contributed by atoms with Crippen LogP contribution in [0.2, 0.25) is 0 Å². The molecule has 0 aliphatic heterocycles. The average Bonchev–Trinajstić information content (AvgIpc) is 2.81. The van der Waals surface area contributed by atoms with E-state index in [-0.39, 0.29) is 22.5 Å². The number of carbonyl (C=O) groups is 1. The zero-order valence-electron chi connectivity index (χ0n) is 20.5. The SMILES string of the molecule is COc1ccc([N+](=O)[O-])cc1N(CC(=O)Nc1ccc(C23CC4CC(CC(C4)C2)C3)cc1)S(C)(=O)=O. The number of methoxy groups -OCH3 is 1. The highest BCUT2D eigenvalue weighted by atomic mass is 32.2. The molecule has 4 fully saturated rings. The Balaban J connectivity index is 1.33. The first-order chi connectivity index (χ1) is 17.1. The summed E-state index contributed by atoms with van der Waals surface area (Å²) in [7, 11) is -2.61. The molecule has 2 aromatic rings. The van der Waals surface area contributed by atoms with Crippen molar-refractivity contribution >= 4 is 33.0 Å². The number of ether oxygens (including phenoxy) is 1. The van der Waals surface area contributed by atoms with Gasteiger partial charge >= 0.3 is 0 Å². The minimum Gasteiger partial charge on any atom is -0.495 e. The Kier molecular flexibility index (Phi) is 6.18. The molecule has 4 saturated carbocycles. The smallest absolute Gasteiger partial charge is 0.271 e. The fourth-order valence-corrected chi connectivity index (χ4v) is 7.92. The van der Waals surface area contributed by atoms with Crippen molar-refractivity contribution in [3.63, 3.8) is 0 Å². The quantitative estimate of drug-likeness (QED) is 0.411. The van der Waals surface area contributed by atoms with Gasteiger partial charge in [0.1, 0.15) is 18.0 Å². The topological polar surface area (TPSA) is 119 Å². The second-order valence-corrected chi connectivity index (χ2v) is 12.6. The van der Waals surface area contributed by atoms with Crippen LogP contribution in [0.5, 0.6) is 5.75 Å². The molecule has 10 heteroatoms. The van der Waals surface area contributed by atoms with Gasteiger partial charge in [0, 0.05) is 17.8 Å². The van der Waals surface area contributed by atoms with Gasteiger partial charge in [0.2, 0.25) is 15.9 Å². The Hall–Kier alpha value is -3.14. The normalized spacial score (nSPS) is 26.4. The highest BCUT2D eigenvalue weighted by Gasteiger charge is 2.51. The Labute approximate surface area is 211 Å². The van der Waals surface area contributed by atoms with Gasteiger partial charge in [-0.2, -0.15) is 0 Å². The Morgan fingerprint density at radius 1 is 1.08 bits per heavy atom. The van der Waals surface area contributed by atoms with Crippen molar-refractivity contribution in [2.75, 3.05) is 29.5 Å². The summed E-state index contributed by atoms with van der Waals surface area (Å²) in [5.41, 5.74) is 1.79. The van der Waals surface area contributed by atoms with E-state index >= 15 is 0 Å². The number of nitro benzene ring substituents is 1. The number of hydrogen-bond acceptors (Lipinski definition) is 6. The standard InChI is InChI=1S/C26H31N3O6S/c1-35-24-8-7-22(29(31)32)12-23(24)28(36(2,33)34)16-25(30)27-21-5-3-20(4-6-21)26-13-17-9-18(14-26)11-19(10-17)15-26/h3-8,12,17-19H,9-11,13-16H2,1-2H3,(H,27,30). The van der Waals surface area contributed by atoms with Crippen molar-refractivity contribution in [2.24, 2.45) is 17.8 Å². The van der Waals surface area contributed by atoms with E-state index in [9.17, 15) is 23.3 Å². The van der Waals surface area contributed by atoms with Crippen LogP contribution in [-0.4, -0.2) is 39.2 Å². The maximum absolute atomic E-state index is 12.9. The van der Waals surface area contributed by atoms with Crippen molar-refractivity contribution in [2.45, 2.75) is 43.9 Å². The van der Waals surface area contributed by atoms with Crippen LogP contribution in [0, 0.1) is 27.9 Å². The lowest BCUT2D eigenvalue weighted by atomic mass is 9.48. The molecule has 0 atom stereocenters. The van der Waals surface area contributed by atoms with E-state index in [1.165, 1.54) is 63.3 Å². The molecule has 1 amide bonds. The highest BCUT2D eigenvalue weighted by Crippen LogP contribution is 2.60. The fraction of sp³-hybridized carbons (Fsp3) is 0.500. The van der Waals surface area contributed by atoms with Crippen molar-refractivity contribution in [3.8, 4) is 5.75 Å². The summed E-state index contributed by atoms with van der Waals surface area (Å²) >= 11 is 0. The Bertz CT molecular complexity index is 1260. The zero-order chi connectivity index (χ0) is 25.7. The van der Waals surface area contributed by atoms with Gasteiger partial charge in [-0.1, -0.05) is 12.1 Å². The predicted octanol–water partition coefficient (Wildman–Crippen LogP) is 4.48. The summed E-state index contributed by atoms with van der Waals surface area (Å²) < 4.78 is 31.1. The number of nitro groups is 1. The lowest BCUT2D eigenvalue weighted by Gasteiger charge is -2.57. The third-order valence-electron chi connectivity index (χ3n) is 8.15. The summed E-state index contributed by atoms with van der Waals surface area (Å²) in [5.74, 6) is 2.06. The van der Waals surface area contributed by atoms with Crippen LogP contribution in [0.3, 0.4) is 0 Å². The van der Waals surface area contributed by atoms with Gasteiger partial charge in [0.15, 0.2) is 0 Å². The summed E-state index contributed by atoms with van der Waals surface area (Å²) in [4.78, 5) is 23.5. The average molecular weight is 514 g/mol. The molecule has 4 aliphatic carbocycles. The van der Waals surface area contributed by atoms with Gasteiger partial charge in [-0.15, -0.1) is 0 Å². The van der Waals surface area contributed by atoms with Gasteiger partial charge in [-0.3, -0.25) is 19.2 Å². The molecule has 0 spiro atoms. The number of amides is 1. The molecule has 1 N–H and O–H groups in total. The summed E-state index contributed by atoms with van der Waals surface area (Å²) in [6, 6.07) is 11.6. The second kappa shape index (κ2) is 9.06. The number of nitrogens with one attached hydrogen (secondary N) is 1. The van der Waals surface area contributed by atoms with Crippen molar-refractivity contribution in [1.82, 2.24) is 0 Å². The molecule has 0 saturated heterocycles. The minimum absolute atomic E-state index is 0.0680. The highest BCUT2D eigenvalue weighted by molar-refractivity contribution is 7.92. The first-order valence-electron chi connectivity index (χ1n) is 12.3. The maximum atomic E-state index is 12.9. The van der Waals surface area contributed by atoms with Crippen molar-refractivity contribution in [3.05, 3.63) is 58.1 Å². The van der Waals surface area contributed by atoms with Crippen LogP contribution in [0.25, 0.3) is 0 Å². The largest absolute Gasteiger partial charge is 0.495 e. The predicted molar refractivity (Wildman–Crippen MR) is 137 cm³/mol. The number of hydrogen-bond donors (Lipinski definition) is 1. The second-order valence-electron chi connectivity index (χ2n) is 10.7. The summed E-state index contributed by atoms with van der Waals surface area (Å²) in [6.45, 7) is -0.549. The van der Waals surface area contributed by atoms with Crippen molar-refractivity contribution < 1.29 is 22.9 Å². The summed E-state index contributed by atoms with van der Waals surface area (Å²) in [5, 5.41) is 14.0. The third-order valence-corrected chi connectivity index (χ3v) is 9.28. The van der Waals surface area contributed by atoms with Crippen LogP contribution >= 0.6 is 0 Å². The Morgan fingerprint density at radius 2 is 1.67 bits per heavy atom. The maximum Gasteiger partial charge on any atom is 0.271 e.